The van der Waals surface area contributed by atoms with E-state index in [0.29, 0.717) is 30.4 Å². The Hall–Kier alpha value is -3.25. The topological polar surface area (TPSA) is 82.8 Å². The van der Waals surface area contributed by atoms with Crippen LogP contribution < -0.4 is 25.3 Å². The standard InChI is InChI=1S/C22H22N2O4/c1-14(22(23)25)24-11-16-9-10-19(21-20(16)27-13-28-21)26-12-17-7-4-6-15-5-2-3-8-18(15)17/h2-10,14,24H,11-13H2,1H3,(H2,23,25). The van der Waals surface area contributed by atoms with Gasteiger partial charge in [-0.05, 0) is 29.3 Å². The fraction of sp³-hybridized carbons (Fsp3) is 0.227. The van der Waals surface area contributed by atoms with Crippen LogP contribution in [0.4, 0.5) is 0 Å². The fourth-order valence-corrected chi connectivity index (χ4v) is 3.22. The first-order chi connectivity index (χ1) is 13.6. The minimum Gasteiger partial charge on any atom is -0.485 e. The number of benzene rings is 3. The van der Waals surface area contributed by atoms with Crippen molar-refractivity contribution in [2.75, 3.05) is 6.79 Å². The number of primary amides is 1. The summed E-state index contributed by atoms with van der Waals surface area (Å²) in [6.07, 6.45) is 0. The fourth-order valence-electron chi connectivity index (χ4n) is 3.22. The number of ether oxygens (including phenoxy) is 3. The molecule has 0 aliphatic carbocycles. The predicted octanol–water partition coefficient (Wildman–Crippen LogP) is 3.11. The van der Waals surface area contributed by atoms with Crippen LogP contribution in [0, 0.1) is 0 Å². The third kappa shape index (κ3) is 3.59. The molecule has 1 aliphatic rings. The molecule has 6 heteroatoms. The van der Waals surface area contributed by atoms with E-state index in [1.165, 1.54) is 10.8 Å². The molecule has 1 aliphatic heterocycles. The Morgan fingerprint density at radius 1 is 1.07 bits per heavy atom. The van der Waals surface area contributed by atoms with E-state index in [-0.39, 0.29) is 6.79 Å². The molecular weight excluding hydrogens is 356 g/mol. The second kappa shape index (κ2) is 7.78. The number of carbonyl (C=O) groups excluding carboxylic acids is 1. The summed E-state index contributed by atoms with van der Waals surface area (Å²) in [6.45, 7) is 2.73. The number of nitrogens with two attached hydrogens (primary N) is 1. The largest absolute Gasteiger partial charge is 0.485 e. The number of amides is 1. The van der Waals surface area contributed by atoms with Crippen LogP contribution in [0.25, 0.3) is 10.8 Å². The van der Waals surface area contributed by atoms with Crippen molar-refractivity contribution in [2.24, 2.45) is 5.73 Å². The van der Waals surface area contributed by atoms with Gasteiger partial charge in [0.15, 0.2) is 11.5 Å². The summed E-state index contributed by atoms with van der Waals surface area (Å²) in [5, 5.41) is 5.42. The average Bonchev–Trinajstić information content (AvgIpc) is 3.21. The Balaban J connectivity index is 1.53. The molecule has 3 N–H and O–H groups in total. The second-order valence-electron chi connectivity index (χ2n) is 6.72. The van der Waals surface area contributed by atoms with Crippen molar-refractivity contribution in [3.8, 4) is 17.2 Å². The van der Waals surface area contributed by atoms with Gasteiger partial charge in [-0.25, -0.2) is 0 Å². The van der Waals surface area contributed by atoms with E-state index < -0.39 is 11.9 Å². The van der Waals surface area contributed by atoms with E-state index in [1.807, 2.05) is 30.3 Å². The van der Waals surface area contributed by atoms with Crippen molar-refractivity contribution < 1.29 is 19.0 Å². The van der Waals surface area contributed by atoms with Crippen molar-refractivity contribution in [3.63, 3.8) is 0 Å². The van der Waals surface area contributed by atoms with Crippen LogP contribution >= 0.6 is 0 Å². The highest BCUT2D eigenvalue weighted by Crippen LogP contribution is 2.44. The highest BCUT2D eigenvalue weighted by molar-refractivity contribution is 5.85. The van der Waals surface area contributed by atoms with E-state index in [1.54, 1.807) is 6.92 Å². The molecule has 0 bridgehead atoms. The lowest BCUT2D eigenvalue weighted by atomic mass is 10.1. The first-order valence-electron chi connectivity index (χ1n) is 9.17. The summed E-state index contributed by atoms with van der Waals surface area (Å²) in [5.74, 6) is 1.46. The first kappa shape index (κ1) is 18.1. The zero-order valence-electron chi connectivity index (χ0n) is 15.6. The molecule has 1 heterocycles. The maximum Gasteiger partial charge on any atom is 0.234 e. The van der Waals surface area contributed by atoms with Crippen molar-refractivity contribution in [2.45, 2.75) is 26.1 Å². The van der Waals surface area contributed by atoms with Gasteiger partial charge in [0.2, 0.25) is 18.4 Å². The number of hydrogen-bond donors (Lipinski definition) is 2. The van der Waals surface area contributed by atoms with Gasteiger partial charge >= 0.3 is 0 Å². The van der Waals surface area contributed by atoms with E-state index in [9.17, 15) is 4.79 Å². The summed E-state index contributed by atoms with van der Waals surface area (Å²) in [7, 11) is 0. The van der Waals surface area contributed by atoms with Crippen LogP contribution in [0.3, 0.4) is 0 Å². The minimum atomic E-state index is -0.430. The van der Waals surface area contributed by atoms with Crippen LogP contribution in [-0.4, -0.2) is 18.7 Å². The molecule has 144 valence electrons. The molecule has 0 fully saturated rings. The molecular formula is C22H22N2O4. The second-order valence-corrected chi connectivity index (χ2v) is 6.72. The molecule has 0 saturated carbocycles. The van der Waals surface area contributed by atoms with Gasteiger partial charge in [0.25, 0.3) is 0 Å². The summed E-state index contributed by atoms with van der Waals surface area (Å²) in [4.78, 5) is 11.2. The molecule has 0 aromatic heterocycles. The Kier molecular flexibility index (Phi) is 5.04. The normalized spacial score (nSPS) is 13.5. The van der Waals surface area contributed by atoms with Gasteiger partial charge in [-0.2, -0.15) is 0 Å². The molecule has 1 amide bonds. The first-order valence-corrected chi connectivity index (χ1v) is 9.17. The van der Waals surface area contributed by atoms with Gasteiger partial charge < -0.3 is 25.3 Å². The molecule has 0 saturated heterocycles. The lowest BCUT2D eigenvalue weighted by Crippen LogP contribution is -2.38. The van der Waals surface area contributed by atoms with E-state index in [0.717, 1.165) is 11.1 Å². The molecule has 28 heavy (non-hydrogen) atoms. The van der Waals surface area contributed by atoms with Gasteiger partial charge in [-0.3, -0.25) is 4.79 Å². The Morgan fingerprint density at radius 2 is 1.86 bits per heavy atom. The van der Waals surface area contributed by atoms with Gasteiger partial charge in [0, 0.05) is 12.1 Å². The predicted molar refractivity (Wildman–Crippen MR) is 106 cm³/mol. The number of rotatable bonds is 7. The number of hydrogen-bond acceptors (Lipinski definition) is 5. The molecule has 4 rings (SSSR count). The highest BCUT2D eigenvalue weighted by atomic mass is 16.7. The molecule has 1 atom stereocenters. The van der Waals surface area contributed by atoms with Crippen LogP contribution in [-0.2, 0) is 17.9 Å². The van der Waals surface area contributed by atoms with Crippen molar-refractivity contribution >= 4 is 16.7 Å². The van der Waals surface area contributed by atoms with Crippen molar-refractivity contribution in [3.05, 3.63) is 65.7 Å². The van der Waals surface area contributed by atoms with Gasteiger partial charge in [0.05, 0.1) is 6.04 Å². The minimum absolute atomic E-state index is 0.141. The Bertz CT molecular complexity index is 1010. The van der Waals surface area contributed by atoms with Crippen LogP contribution in [0.2, 0.25) is 0 Å². The number of fused-ring (bicyclic) bond motifs is 2. The maximum absolute atomic E-state index is 11.2. The SMILES string of the molecule is CC(NCc1ccc(OCc2cccc3ccccc23)c2c1OCO2)C(N)=O. The molecule has 6 nitrogen and oxygen atoms in total. The summed E-state index contributed by atoms with van der Waals surface area (Å²) in [6, 6.07) is 17.7. The summed E-state index contributed by atoms with van der Waals surface area (Å²) >= 11 is 0. The molecule has 3 aromatic rings. The molecule has 3 aromatic carbocycles. The van der Waals surface area contributed by atoms with Crippen molar-refractivity contribution in [1.82, 2.24) is 5.32 Å². The average molecular weight is 378 g/mol. The monoisotopic (exact) mass is 378 g/mol. The van der Waals surface area contributed by atoms with Gasteiger partial charge in [-0.15, -0.1) is 0 Å². The quantitative estimate of drug-likeness (QED) is 0.660. The molecule has 0 radical (unpaired) electrons. The molecule has 0 spiro atoms. The van der Waals surface area contributed by atoms with Gasteiger partial charge in [0.1, 0.15) is 6.61 Å². The zero-order valence-corrected chi connectivity index (χ0v) is 15.6. The lowest BCUT2D eigenvalue weighted by Gasteiger charge is -2.14. The highest BCUT2D eigenvalue weighted by Gasteiger charge is 2.23. The third-order valence-corrected chi connectivity index (χ3v) is 4.85. The Labute approximate surface area is 163 Å². The van der Waals surface area contributed by atoms with Crippen LogP contribution in [0.1, 0.15) is 18.1 Å². The van der Waals surface area contributed by atoms with E-state index in [2.05, 4.69) is 29.6 Å². The van der Waals surface area contributed by atoms with Crippen LogP contribution in [0.15, 0.2) is 54.6 Å². The number of carbonyl (C=O) groups is 1. The van der Waals surface area contributed by atoms with Crippen LogP contribution in [0.5, 0.6) is 17.2 Å². The van der Waals surface area contributed by atoms with Gasteiger partial charge in [-0.1, -0.05) is 48.5 Å². The summed E-state index contributed by atoms with van der Waals surface area (Å²) < 4.78 is 17.3. The third-order valence-electron chi connectivity index (χ3n) is 4.85. The smallest absolute Gasteiger partial charge is 0.234 e. The van der Waals surface area contributed by atoms with E-state index >= 15 is 0 Å². The number of nitrogens with one attached hydrogen (secondary N) is 1. The zero-order chi connectivity index (χ0) is 19.5. The Morgan fingerprint density at radius 3 is 2.71 bits per heavy atom. The lowest BCUT2D eigenvalue weighted by molar-refractivity contribution is -0.119. The molecule has 1 unspecified atom stereocenters. The van der Waals surface area contributed by atoms with E-state index in [4.69, 9.17) is 19.9 Å². The maximum atomic E-state index is 11.2. The summed E-state index contributed by atoms with van der Waals surface area (Å²) in [5.41, 5.74) is 7.28. The van der Waals surface area contributed by atoms with Crippen molar-refractivity contribution in [1.29, 1.82) is 0 Å².